The lowest BCUT2D eigenvalue weighted by Crippen LogP contribution is -2.19. The van der Waals surface area contributed by atoms with Gasteiger partial charge in [-0.3, -0.25) is 9.88 Å². The zero-order chi connectivity index (χ0) is 14.8. The summed E-state index contributed by atoms with van der Waals surface area (Å²) >= 11 is 1.76. The van der Waals surface area contributed by atoms with E-state index in [-0.39, 0.29) is 0 Å². The highest BCUT2D eigenvalue weighted by Crippen LogP contribution is 2.29. The van der Waals surface area contributed by atoms with Crippen LogP contribution in [0.5, 0.6) is 0 Å². The molecular weight excluding hydrogens is 280 g/mol. The lowest BCUT2D eigenvalue weighted by molar-refractivity contribution is 0.328. The molecule has 1 atom stereocenters. The number of likely N-dealkylation sites (tertiary alicyclic amines) is 1. The van der Waals surface area contributed by atoms with Gasteiger partial charge in [-0.1, -0.05) is 0 Å². The fraction of sp³-hybridized carbons (Fsp3) is 0.500. The molecule has 21 heavy (non-hydrogen) atoms. The molecule has 2 aromatic rings. The normalized spacial score (nSPS) is 19.1. The number of nitrogens with zero attached hydrogens (tertiary/aromatic N) is 3. The highest BCUT2D eigenvalue weighted by Gasteiger charge is 2.26. The van der Waals surface area contributed by atoms with E-state index < -0.39 is 0 Å². The number of nitrogens with one attached hydrogen (secondary N) is 1. The molecule has 1 unspecified atom stereocenters. The zero-order valence-corrected chi connectivity index (χ0v) is 13.7. The number of aryl methyl sites for hydroxylation is 2. The predicted octanol–water partition coefficient (Wildman–Crippen LogP) is 3.19. The van der Waals surface area contributed by atoms with Crippen LogP contribution in [0.2, 0.25) is 0 Å². The summed E-state index contributed by atoms with van der Waals surface area (Å²) in [7, 11) is 1.96. The number of hydrogen-bond donors (Lipinski definition) is 1. The first-order valence-corrected chi connectivity index (χ1v) is 8.31. The van der Waals surface area contributed by atoms with E-state index in [1.165, 1.54) is 22.7 Å². The molecule has 1 saturated heterocycles. The molecular formula is C16H22N4S. The second-order valence-corrected chi connectivity index (χ2v) is 6.69. The summed E-state index contributed by atoms with van der Waals surface area (Å²) in [6, 6.07) is 4.29. The van der Waals surface area contributed by atoms with E-state index in [0.717, 1.165) is 31.0 Å². The van der Waals surface area contributed by atoms with Gasteiger partial charge >= 0.3 is 0 Å². The minimum atomic E-state index is 0.547. The van der Waals surface area contributed by atoms with Gasteiger partial charge in [-0.25, -0.2) is 4.98 Å². The molecule has 4 nitrogen and oxygen atoms in total. The molecule has 1 aliphatic heterocycles. The Labute approximate surface area is 130 Å². The highest BCUT2D eigenvalue weighted by molar-refractivity contribution is 7.09. The predicted molar refractivity (Wildman–Crippen MR) is 88.0 cm³/mol. The molecule has 0 bridgehead atoms. The second kappa shape index (κ2) is 6.12. The van der Waals surface area contributed by atoms with Gasteiger partial charge in [0.15, 0.2) is 0 Å². The summed E-state index contributed by atoms with van der Waals surface area (Å²) in [6.45, 7) is 7.43. The molecule has 3 rings (SSSR count). The first-order valence-electron chi connectivity index (χ1n) is 7.43. The van der Waals surface area contributed by atoms with Crippen LogP contribution in [0.1, 0.15) is 34.3 Å². The molecule has 0 aliphatic carbocycles. The quantitative estimate of drug-likeness (QED) is 0.942. The Morgan fingerprint density at radius 1 is 1.38 bits per heavy atom. The van der Waals surface area contributed by atoms with Crippen molar-refractivity contribution in [3.05, 3.63) is 39.6 Å². The van der Waals surface area contributed by atoms with Crippen molar-refractivity contribution >= 4 is 17.0 Å². The molecule has 0 aromatic carbocycles. The van der Waals surface area contributed by atoms with Crippen LogP contribution < -0.4 is 5.32 Å². The molecule has 112 valence electrons. The lowest BCUT2D eigenvalue weighted by Gasteiger charge is -2.16. The Morgan fingerprint density at radius 2 is 2.24 bits per heavy atom. The van der Waals surface area contributed by atoms with Gasteiger partial charge in [0, 0.05) is 48.0 Å². The van der Waals surface area contributed by atoms with Crippen LogP contribution in [-0.2, 0) is 6.54 Å². The van der Waals surface area contributed by atoms with E-state index in [9.17, 15) is 0 Å². The van der Waals surface area contributed by atoms with Crippen molar-refractivity contribution in [2.24, 2.45) is 0 Å². The van der Waals surface area contributed by atoms with Crippen LogP contribution in [-0.4, -0.2) is 35.0 Å². The van der Waals surface area contributed by atoms with Gasteiger partial charge < -0.3 is 5.32 Å². The van der Waals surface area contributed by atoms with Crippen molar-refractivity contribution in [3.63, 3.8) is 0 Å². The Balaban J connectivity index is 1.69. The SMILES string of the molecule is CNc1cc(C)nc(C2CCN(Cc3scnc3C)C2)c1. The van der Waals surface area contributed by atoms with E-state index in [4.69, 9.17) is 4.98 Å². The van der Waals surface area contributed by atoms with E-state index in [1.54, 1.807) is 11.3 Å². The van der Waals surface area contributed by atoms with Crippen LogP contribution in [0.25, 0.3) is 0 Å². The number of hydrogen-bond acceptors (Lipinski definition) is 5. The Kier molecular flexibility index (Phi) is 4.22. The number of thiazole rings is 1. The molecule has 2 aromatic heterocycles. The highest BCUT2D eigenvalue weighted by atomic mass is 32.1. The van der Waals surface area contributed by atoms with Crippen molar-refractivity contribution in [2.75, 3.05) is 25.5 Å². The fourth-order valence-corrected chi connectivity index (χ4v) is 3.76. The Hall–Kier alpha value is -1.46. The molecule has 0 saturated carbocycles. The van der Waals surface area contributed by atoms with Crippen molar-refractivity contribution < 1.29 is 0 Å². The van der Waals surface area contributed by atoms with Gasteiger partial charge in [0.25, 0.3) is 0 Å². The van der Waals surface area contributed by atoms with Gasteiger partial charge in [-0.2, -0.15) is 0 Å². The summed E-state index contributed by atoms with van der Waals surface area (Å²) in [5.41, 5.74) is 6.60. The van der Waals surface area contributed by atoms with E-state index in [0.29, 0.717) is 5.92 Å². The third-order valence-electron chi connectivity index (χ3n) is 4.16. The number of aromatic nitrogens is 2. The fourth-order valence-electron chi connectivity index (χ4n) is 2.95. The summed E-state index contributed by atoms with van der Waals surface area (Å²) in [5, 5.41) is 3.23. The van der Waals surface area contributed by atoms with Crippen molar-refractivity contribution in [1.29, 1.82) is 0 Å². The zero-order valence-electron chi connectivity index (χ0n) is 12.9. The molecule has 0 spiro atoms. The second-order valence-electron chi connectivity index (χ2n) is 5.75. The van der Waals surface area contributed by atoms with E-state index in [2.05, 4.69) is 41.2 Å². The first-order chi connectivity index (χ1) is 10.2. The van der Waals surface area contributed by atoms with E-state index in [1.807, 2.05) is 12.6 Å². The summed E-state index contributed by atoms with van der Waals surface area (Å²) in [5.74, 6) is 0.547. The first kappa shape index (κ1) is 14.5. The maximum atomic E-state index is 4.74. The third kappa shape index (κ3) is 3.24. The third-order valence-corrected chi connectivity index (χ3v) is 5.08. The van der Waals surface area contributed by atoms with Crippen molar-refractivity contribution in [2.45, 2.75) is 32.7 Å². The van der Waals surface area contributed by atoms with Gasteiger partial charge in [0.05, 0.1) is 11.2 Å². The van der Waals surface area contributed by atoms with Crippen molar-refractivity contribution in [3.8, 4) is 0 Å². The number of anilines is 1. The Morgan fingerprint density at radius 3 is 2.95 bits per heavy atom. The van der Waals surface area contributed by atoms with Gasteiger partial charge in [-0.15, -0.1) is 11.3 Å². The van der Waals surface area contributed by atoms with Crippen LogP contribution >= 0.6 is 11.3 Å². The molecule has 1 aliphatic rings. The molecule has 0 radical (unpaired) electrons. The number of rotatable bonds is 4. The summed E-state index contributed by atoms with van der Waals surface area (Å²) < 4.78 is 0. The maximum Gasteiger partial charge on any atom is 0.0798 e. The molecule has 1 N–H and O–H groups in total. The molecule has 0 amide bonds. The molecule has 1 fully saturated rings. The maximum absolute atomic E-state index is 4.74. The van der Waals surface area contributed by atoms with Crippen LogP contribution in [0, 0.1) is 13.8 Å². The topological polar surface area (TPSA) is 41.1 Å². The van der Waals surface area contributed by atoms with Crippen molar-refractivity contribution in [1.82, 2.24) is 14.9 Å². The average Bonchev–Trinajstić information content (AvgIpc) is 3.09. The lowest BCUT2D eigenvalue weighted by atomic mass is 10.0. The van der Waals surface area contributed by atoms with Crippen LogP contribution in [0.4, 0.5) is 5.69 Å². The average molecular weight is 302 g/mol. The summed E-state index contributed by atoms with van der Waals surface area (Å²) in [4.78, 5) is 13.0. The number of pyridine rings is 1. The van der Waals surface area contributed by atoms with E-state index >= 15 is 0 Å². The minimum Gasteiger partial charge on any atom is -0.388 e. The van der Waals surface area contributed by atoms with Crippen LogP contribution in [0.15, 0.2) is 17.6 Å². The molecule has 5 heteroatoms. The van der Waals surface area contributed by atoms with Gasteiger partial charge in [-0.05, 0) is 38.9 Å². The minimum absolute atomic E-state index is 0.547. The van der Waals surface area contributed by atoms with Gasteiger partial charge in [0.2, 0.25) is 0 Å². The standard InChI is InChI=1S/C16H22N4S/c1-11-6-14(17-3)7-15(19-11)13-4-5-20(8-13)9-16-12(2)18-10-21-16/h6-7,10,13H,4-5,8-9H2,1-3H3,(H,17,19). The van der Waals surface area contributed by atoms with Crippen LogP contribution in [0.3, 0.4) is 0 Å². The molecule has 3 heterocycles. The van der Waals surface area contributed by atoms with Gasteiger partial charge in [0.1, 0.15) is 0 Å². The Bertz CT molecular complexity index is 622. The smallest absolute Gasteiger partial charge is 0.0798 e. The monoisotopic (exact) mass is 302 g/mol. The summed E-state index contributed by atoms with van der Waals surface area (Å²) in [6.07, 6.45) is 1.19. The largest absolute Gasteiger partial charge is 0.388 e.